The van der Waals surface area contributed by atoms with Gasteiger partial charge in [-0.15, -0.1) is 10.2 Å². The molecular formula is C15H18N6O. The molecule has 0 aromatic carbocycles. The van der Waals surface area contributed by atoms with Crippen LogP contribution in [-0.2, 0) is 4.79 Å². The normalized spacial score (nSPS) is 14.8. The first kappa shape index (κ1) is 14.2. The standard InChI is InChI=1S/C15H18N6O/c1-12(22)20-7-9-21(10-8-20)15-5-4-14(18-19-15)17-13-3-2-6-16-11-13/h2-6,11H,7-10H2,1H3,(H,17,18). The van der Waals surface area contributed by atoms with Gasteiger partial charge in [0.15, 0.2) is 11.6 Å². The van der Waals surface area contributed by atoms with E-state index in [0.717, 1.165) is 37.7 Å². The van der Waals surface area contributed by atoms with Crippen LogP contribution in [-0.4, -0.2) is 52.2 Å². The van der Waals surface area contributed by atoms with Crippen molar-refractivity contribution in [2.45, 2.75) is 6.92 Å². The highest BCUT2D eigenvalue weighted by Gasteiger charge is 2.19. The first-order valence-corrected chi connectivity index (χ1v) is 7.23. The summed E-state index contributed by atoms with van der Waals surface area (Å²) in [7, 11) is 0. The highest BCUT2D eigenvalue weighted by molar-refractivity contribution is 5.73. The van der Waals surface area contributed by atoms with E-state index in [1.165, 1.54) is 0 Å². The average Bonchev–Trinajstić information content (AvgIpc) is 2.57. The second-order valence-corrected chi connectivity index (χ2v) is 5.14. The molecule has 0 aliphatic carbocycles. The first-order valence-electron chi connectivity index (χ1n) is 7.23. The zero-order valence-corrected chi connectivity index (χ0v) is 12.4. The van der Waals surface area contributed by atoms with Crippen molar-refractivity contribution < 1.29 is 4.79 Å². The average molecular weight is 298 g/mol. The van der Waals surface area contributed by atoms with Crippen molar-refractivity contribution in [3.63, 3.8) is 0 Å². The number of aromatic nitrogens is 3. The predicted molar refractivity (Wildman–Crippen MR) is 84.0 cm³/mol. The Kier molecular flexibility index (Phi) is 4.13. The number of carbonyl (C=O) groups excluding carboxylic acids is 1. The smallest absolute Gasteiger partial charge is 0.219 e. The largest absolute Gasteiger partial charge is 0.352 e. The number of rotatable bonds is 3. The van der Waals surface area contributed by atoms with E-state index in [-0.39, 0.29) is 5.91 Å². The van der Waals surface area contributed by atoms with Gasteiger partial charge in [0.05, 0.1) is 11.9 Å². The molecule has 2 aromatic rings. The van der Waals surface area contributed by atoms with E-state index in [0.29, 0.717) is 5.82 Å². The summed E-state index contributed by atoms with van der Waals surface area (Å²) in [5, 5.41) is 11.6. The van der Waals surface area contributed by atoms with Crippen molar-refractivity contribution in [2.75, 3.05) is 36.4 Å². The molecule has 7 nitrogen and oxygen atoms in total. The second-order valence-electron chi connectivity index (χ2n) is 5.14. The van der Waals surface area contributed by atoms with Crippen molar-refractivity contribution in [3.8, 4) is 0 Å². The molecule has 0 spiro atoms. The third-order valence-electron chi connectivity index (χ3n) is 3.63. The van der Waals surface area contributed by atoms with E-state index in [4.69, 9.17) is 0 Å². The predicted octanol–water partition coefficient (Wildman–Crippen LogP) is 1.28. The van der Waals surface area contributed by atoms with Gasteiger partial charge in [0.1, 0.15) is 0 Å². The quantitative estimate of drug-likeness (QED) is 0.920. The molecule has 7 heteroatoms. The van der Waals surface area contributed by atoms with E-state index < -0.39 is 0 Å². The molecule has 0 bridgehead atoms. The minimum atomic E-state index is 0.127. The Hall–Kier alpha value is -2.70. The Morgan fingerprint density at radius 1 is 1.14 bits per heavy atom. The van der Waals surface area contributed by atoms with E-state index >= 15 is 0 Å². The number of amides is 1. The Balaban J connectivity index is 1.61. The molecule has 3 heterocycles. The van der Waals surface area contributed by atoms with Crippen molar-refractivity contribution in [3.05, 3.63) is 36.7 Å². The van der Waals surface area contributed by atoms with Gasteiger partial charge in [-0.25, -0.2) is 0 Å². The number of piperazine rings is 1. The maximum Gasteiger partial charge on any atom is 0.219 e. The summed E-state index contributed by atoms with van der Waals surface area (Å²) in [4.78, 5) is 19.4. The van der Waals surface area contributed by atoms with E-state index in [1.54, 1.807) is 19.3 Å². The third-order valence-corrected chi connectivity index (χ3v) is 3.63. The molecule has 1 N–H and O–H groups in total. The van der Waals surface area contributed by atoms with Gasteiger partial charge in [-0.05, 0) is 24.3 Å². The molecule has 1 saturated heterocycles. The van der Waals surface area contributed by atoms with Crippen molar-refractivity contribution in [1.82, 2.24) is 20.1 Å². The Bertz CT molecular complexity index is 622. The third kappa shape index (κ3) is 3.30. The summed E-state index contributed by atoms with van der Waals surface area (Å²) in [5.41, 5.74) is 0.875. The monoisotopic (exact) mass is 298 g/mol. The summed E-state index contributed by atoms with van der Waals surface area (Å²) in [6.07, 6.45) is 3.46. The molecule has 1 fully saturated rings. The van der Waals surface area contributed by atoms with Crippen molar-refractivity contribution in [2.24, 2.45) is 0 Å². The van der Waals surface area contributed by atoms with Crippen molar-refractivity contribution in [1.29, 1.82) is 0 Å². The number of nitrogens with zero attached hydrogens (tertiary/aromatic N) is 5. The van der Waals surface area contributed by atoms with E-state index in [2.05, 4.69) is 25.4 Å². The molecule has 0 radical (unpaired) electrons. The SMILES string of the molecule is CC(=O)N1CCN(c2ccc(Nc3cccnc3)nn2)CC1. The lowest BCUT2D eigenvalue weighted by molar-refractivity contribution is -0.129. The summed E-state index contributed by atoms with van der Waals surface area (Å²) in [6.45, 7) is 4.63. The van der Waals surface area contributed by atoms with Gasteiger partial charge in [-0.3, -0.25) is 9.78 Å². The molecule has 3 rings (SSSR count). The molecule has 2 aromatic heterocycles. The second kappa shape index (κ2) is 6.38. The lowest BCUT2D eigenvalue weighted by Gasteiger charge is -2.34. The van der Waals surface area contributed by atoms with Crippen molar-refractivity contribution >= 4 is 23.2 Å². The molecule has 0 saturated carbocycles. The summed E-state index contributed by atoms with van der Waals surface area (Å²) < 4.78 is 0. The zero-order chi connectivity index (χ0) is 15.4. The fourth-order valence-corrected chi connectivity index (χ4v) is 2.40. The number of hydrogen-bond donors (Lipinski definition) is 1. The summed E-state index contributed by atoms with van der Waals surface area (Å²) >= 11 is 0. The summed E-state index contributed by atoms with van der Waals surface area (Å²) in [6, 6.07) is 7.62. The number of carbonyl (C=O) groups is 1. The molecule has 1 amide bonds. The number of nitrogens with one attached hydrogen (secondary N) is 1. The highest BCUT2D eigenvalue weighted by Crippen LogP contribution is 2.16. The number of anilines is 3. The highest BCUT2D eigenvalue weighted by atomic mass is 16.2. The van der Waals surface area contributed by atoms with Crippen LogP contribution in [0.4, 0.5) is 17.3 Å². The van der Waals surface area contributed by atoms with Crippen LogP contribution in [0.1, 0.15) is 6.92 Å². The lowest BCUT2D eigenvalue weighted by atomic mass is 10.3. The van der Waals surface area contributed by atoms with Crippen LogP contribution in [0.3, 0.4) is 0 Å². The maximum atomic E-state index is 11.3. The van der Waals surface area contributed by atoms with E-state index in [1.807, 2.05) is 29.2 Å². The zero-order valence-electron chi connectivity index (χ0n) is 12.4. The van der Waals surface area contributed by atoms with Crippen LogP contribution < -0.4 is 10.2 Å². The Morgan fingerprint density at radius 2 is 1.95 bits per heavy atom. The van der Waals surface area contributed by atoms with Gasteiger partial charge in [0.25, 0.3) is 0 Å². The molecule has 1 aliphatic rings. The van der Waals surface area contributed by atoms with Gasteiger partial charge < -0.3 is 15.1 Å². The minimum Gasteiger partial charge on any atom is -0.352 e. The van der Waals surface area contributed by atoms with Gasteiger partial charge in [0, 0.05) is 39.3 Å². The van der Waals surface area contributed by atoms with Gasteiger partial charge >= 0.3 is 0 Å². The topological polar surface area (TPSA) is 74.2 Å². The molecule has 22 heavy (non-hydrogen) atoms. The molecular weight excluding hydrogens is 280 g/mol. The van der Waals surface area contributed by atoms with E-state index in [9.17, 15) is 4.79 Å². The van der Waals surface area contributed by atoms with Gasteiger partial charge in [-0.1, -0.05) is 0 Å². The molecule has 1 aliphatic heterocycles. The van der Waals surface area contributed by atoms with Crippen LogP contribution in [0, 0.1) is 0 Å². The Morgan fingerprint density at radius 3 is 2.55 bits per heavy atom. The fourth-order valence-electron chi connectivity index (χ4n) is 2.40. The maximum absolute atomic E-state index is 11.3. The van der Waals surface area contributed by atoms with Crippen LogP contribution in [0.2, 0.25) is 0 Å². The van der Waals surface area contributed by atoms with Crippen LogP contribution in [0.25, 0.3) is 0 Å². The number of pyridine rings is 1. The van der Waals surface area contributed by atoms with Crippen LogP contribution in [0.15, 0.2) is 36.7 Å². The fraction of sp³-hybridized carbons (Fsp3) is 0.333. The van der Waals surface area contributed by atoms with Crippen LogP contribution in [0.5, 0.6) is 0 Å². The first-order chi connectivity index (χ1) is 10.7. The van der Waals surface area contributed by atoms with Gasteiger partial charge in [0.2, 0.25) is 5.91 Å². The number of hydrogen-bond acceptors (Lipinski definition) is 6. The summed E-state index contributed by atoms with van der Waals surface area (Å²) in [5.74, 6) is 1.64. The molecule has 0 unspecified atom stereocenters. The van der Waals surface area contributed by atoms with Gasteiger partial charge in [-0.2, -0.15) is 0 Å². The van der Waals surface area contributed by atoms with Crippen LogP contribution >= 0.6 is 0 Å². The minimum absolute atomic E-state index is 0.127. The Labute approximate surface area is 129 Å². The molecule has 0 atom stereocenters. The molecule has 114 valence electrons. The lowest BCUT2D eigenvalue weighted by Crippen LogP contribution is -2.48.